The summed E-state index contributed by atoms with van der Waals surface area (Å²) in [5, 5.41) is 19.4. The molecule has 1 aromatic carbocycles. The number of hydrogen-bond donors (Lipinski definition) is 1. The number of rotatable bonds is 3. The van der Waals surface area contributed by atoms with Crippen LogP contribution in [0.4, 0.5) is 0 Å². The van der Waals surface area contributed by atoms with E-state index in [9.17, 15) is 5.11 Å². The largest absolute Gasteiger partial charge is 0.389 e. The van der Waals surface area contributed by atoms with E-state index in [4.69, 9.17) is 5.26 Å². The maximum Gasteiger partial charge on any atom is 0.192 e. The monoisotopic (exact) mass is 285 g/mol. The number of aliphatic hydroxyl groups is 1. The Balaban J connectivity index is 2.43. The molecule has 5 heteroatoms. The molecule has 20 heavy (non-hydrogen) atoms. The zero-order valence-corrected chi connectivity index (χ0v) is 12.4. The van der Waals surface area contributed by atoms with Crippen molar-refractivity contribution in [2.45, 2.75) is 36.9 Å². The molecule has 1 N–H and O–H groups in total. The van der Waals surface area contributed by atoms with Crippen LogP contribution in [0.2, 0.25) is 0 Å². The van der Waals surface area contributed by atoms with E-state index < -0.39 is 6.10 Å². The van der Waals surface area contributed by atoms with Gasteiger partial charge in [0.15, 0.2) is 5.16 Å². The minimum Gasteiger partial charge on any atom is -0.389 e. The molecule has 2 aromatic rings. The maximum absolute atomic E-state index is 9.82. The fourth-order valence-electron chi connectivity index (χ4n) is 1.88. The minimum atomic E-state index is -0.601. The van der Waals surface area contributed by atoms with E-state index in [0.717, 1.165) is 21.8 Å². The van der Waals surface area contributed by atoms with Crippen LogP contribution in [0.15, 0.2) is 34.3 Å². The van der Waals surface area contributed by atoms with Gasteiger partial charge in [0.1, 0.15) is 0 Å². The summed E-state index contributed by atoms with van der Waals surface area (Å²) in [6.07, 6.45) is -0.601. The second-order valence-electron chi connectivity index (χ2n) is 4.58. The highest BCUT2D eigenvalue weighted by Gasteiger charge is 2.12. The van der Waals surface area contributed by atoms with Gasteiger partial charge >= 0.3 is 0 Å². The maximum atomic E-state index is 9.82. The van der Waals surface area contributed by atoms with E-state index in [1.807, 2.05) is 19.9 Å². The van der Waals surface area contributed by atoms with Crippen molar-refractivity contribution in [1.29, 1.82) is 5.26 Å². The number of hydrogen-bond acceptors (Lipinski definition) is 5. The van der Waals surface area contributed by atoms with E-state index in [1.165, 1.54) is 11.8 Å². The first-order valence-corrected chi connectivity index (χ1v) is 7.03. The topological polar surface area (TPSA) is 69.8 Å². The Kier molecular flexibility index (Phi) is 4.38. The van der Waals surface area contributed by atoms with Gasteiger partial charge in [-0.3, -0.25) is 0 Å². The Morgan fingerprint density at radius 1 is 1.20 bits per heavy atom. The van der Waals surface area contributed by atoms with Crippen molar-refractivity contribution in [3.8, 4) is 6.07 Å². The first-order valence-electron chi connectivity index (χ1n) is 6.22. The third-order valence-electron chi connectivity index (χ3n) is 2.76. The first kappa shape index (κ1) is 14.5. The number of aryl methyl sites for hydroxylation is 2. The van der Waals surface area contributed by atoms with Crippen molar-refractivity contribution >= 4 is 11.8 Å². The van der Waals surface area contributed by atoms with Crippen molar-refractivity contribution in [2.24, 2.45) is 0 Å². The molecule has 0 aliphatic heterocycles. The van der Waals surface area contributed by atoms with Gasteiger partial charge in [-0.15, -0.1) is 0 Å². The molecule has 0 bridgehead atoms. The molecule has 0 saturated carbocycles. The predicted octanol–water partition coefficient (Wildman–Crippen LogP) is 3.17. The summed E-state index contributed by atoms with van der Waals surface area (Å²) in [5.41, 5.74) is 3.13. The van der Waals surface area contributed by atoms with Crippen LogP contribution in [0.1, 0.15) is 35.5 Å². The Hall–Kier alpha value is -1.90. The number of aliphatic hydroxyl groups excluding tert-OH is 1. The summed E-state index contributed by atoms with van der Waals surface area (Å²) in [7, 11) is 0. The molecular weight excluding hydrogens is 270 g/mol. The van der Waals surface area contributed by atoms with Gasteiger partial charge in [-0.05, 0) is 56.3 Å². The van der Waals surface area contributed by atoms with Gasteiger partial charge in [-0.2, -0.15) is 5.26 Å². The fourth-order valence-corrected chi connectivity index (χ4v) is 2.99. The number of nitrogens with zero attached hydrogens (tertiary/aromatic N) is 3. The standard InChI is InChI=1S/C15H15N3OS/c1-9-6-10(2)18-15(17-9)20-14-7-12(8-16)4-5-13(14)11(3)19/h4-7,11,19H,1-3H3. The third-order valence-corrected chi connectivity index (χ3v) is 3.69. The molecule has 0 fully saturated rings. The molecular formula is C15H15N3OS. The van der Waals surface area contributed by atoms with Gasteiger partial charge in [0.25, 0.3) is 0 Å². The summed E-state index contributed by atoms with van der Waals surface area (Å²) in [6, 6.07) is 9.25. The van der Waals surface area contributed by atoms with E-state index in [-0.39, 0.29) is 0 Å². The Morgan fingerprint density at radius 2 is 1.85 bits per heavy atom. The molecule has 1 aromatic heterocycles. The number of aromatic nitrogens is 2. The average molecular weight is 285 g/mol. The van der Waals surface area contributed by atoms with Crippen molar-refractivity contribution in [3.63, 3.8) is 0 Å². The summed E-state index contributed by atoms with van der Waals surface area (Å²) in [4.78, 5) is 9.55. The predicted molar refractivity (Wildman–Crippen MR) is 77.4 cm³/mol. The molecule has 0 spiro atoms. The molecule has 102 valence electrons. The SMILES string of the molecule is Cc1cc(C)nc(Sc2cc(C#N)ccc2C(C)O)n1. The van der Waals surface area contributed by atoms with Crippen LogP contribution < -0.4 is 0 Å². The summed E-state index contributed by atoms with van der Waals surface area (Å²) < 4.78 is 0. The normalized spacial score (nSPS) is 11.9. The number of nitriles is 1. The highest BCUT2D eigenvalue weighted by Crippen LogP contribution is 2.32. The third kappa shape index (κ3) is 3.35. The Morgan fingerprint density at radius 3 is 2.40 bits per heavy atom. The lowest BCUT2D eigenvalue weighted by molar-refractivity contribution is 0.196. The molecule has 4 nitrogen and oxygen atoms in total. The van der Waals surface area contributed by atoms with E-state index in [1.54, 1.807) is 25.1 Å². The van der Waals surface area contributed by atoms with Crippen molar-refractivity contribution < 1.29 is 5.11 Å². The van der Waals surface area contributed by atoms with Gasteiger partial charge < -0.3 is 5.11 Å². The van der Waals surface area contributed by atoms with Crippen molar-refractivity contribution in [2.75, 3.05) is 0 Å². The summed E-state index contributed by atoms with van der Waals surface area (Å²) >= 11 is 1.37. The van der Waals surface area contributed by atoms with Gasteiger partial charge in [0.05, 0.1) is 17.7 Å². The molecule has 2 rings (SSSR count). The highest BCUT2D eigenvalue weighted by molar-refractivity contribution is 7.99. The van der Waals surface area contributed by atoms with Gasteiger partial charge in [-0.1, -0.05) is 6.07 Å². The van der Waals surface area contributed by atoms with Crippen LogP contribution in [-0.2, 0) is 0 Å². The van der Waals surface area contributed by atoms with Crippen LogP contribution in [0.25, 0.3) is 0 Å². The van der Waals surface area contributed by atoms with Crippen molar-refractivity contribution in [1.82, 2.24) is 9.97 Å². The second kappa shape index (κ2) is 6.04. The lowest BCUT2D eigenvalue weighted by Gasteiger charge is -2.11. The van der Waals surface area contributed by atoms with Crippen molar-refractivity contribution in [3.05, 3.63) is 46.8 Å². The molecule has 1 heterocycles. The van der Waals surface area contributed by atoms with Crippen LogP contribution in [0.3, 0.4) is 0 Å². The Labute approximate surface area is 122 Å². The summed E-state index contributed by atoms with van der Waals surface area (Å²) in [6.45, 7) is 5.54. The van der Waals surface area contributed by atoms with Gasteiger partial charge in [0, 0.05) is 16.3 Å². The molecule has 0 aliphatic carbocycles. The average Bonchev–Trinajstić information content (AvgIpc) is 2.37. The van der Waals surface area contributed by atoms with E-state index in [2.05, 4.69) is 16.0 Å². The highest BCUT2D eigenvalue weighted by atomic mass is 32.2. The lowest BCUT2D eigenvalue weighted by atomic mass is 10.1. The van der Waals surface area contributed by atoms with Crippen LogP contribution >= 0.6 is 11.8 Å². The first-order chi connectivity index (χ1) is 9.49. The van der Waals surface area contributed by atoms with E-state index >= 15 is 0 Å². The molecule has 1 atom stereocenters. The molecule has 1 unspecified atom stereocenters. The Bertz CT molecular complexity index is 657. The summed E-state index contributed by atoms with van der Waals surface area (Å²) in [5.74, 6) is 0. The zero-order chi connectivity index (χ0) is 14.7. The fraction of sp³-hybridized carbons (Fsp3) is 0.267. The second-order valence-corrected chi connectivity index (χ2v) is 5.58. The van der Waals surface area contributed by atoms with Gasteiger partial charge in [0.2, 0.25) is 0 Å². The molecule has 0 saturated heterocycles. The smallest absolute Gasteiger partial charge is 0.192 e. The van der Waals surface area contributed by atoms with Crippen LogP contribution in [0.5, 0.6) is 0 Å². The van der Waals surface area contributed by atoms with E-state index in [0.29, 0.717) is 10.7 Å². The van der Waals surface area contributed by atoms with Crippen LogP contribution in [0, 0.1) is 25.2 Å². The quantitative estimate of drug-likeness (QED) is 0.877. The molecule has 0 radical (unpaired) electrons. The molecule has 0 amide bonds. The molecule has 0 aliphatic rings. The van der Waals surface area contributed by atoms with Crippen LogP contribution in [-0.4, -0.2) is 15.1 Å². The minimum absolute atomic E-state index is 0.557. The van der Waals surface area contributed by atoms with Gasteiger partial charge in [-0.25, -0.2) is 9.97 Å². The lowest BCUT2D eigenvalue weighted by Crippen LogP contribution is -1.97. The zero-order valence-electron chi connectivity index (χ0n) is 11.6. The number of benzene rings is 1.